The first-order chi connectivity index (χ1) is 9.47. The van der Waals surface area contributed by atoms with Gasteiger partial charge in [0.1, 0.15) is 0 Å². The van der Waals surface area contributed by atoms with E-state index in [1.54, 1.807) is 6.07 Å². The monoisotopic (exact) mass is 325 g/mol. The molecule has 5 heteroatoms. The summed E-state index contributed by atoms with van der Waals surface area (Å²) in [5.41, 5.74) is 4.62. The second-order valence-electron chi connectivity index (χ2n) is 4.73. The topological polar surface area (TPSA) is 29.1 Å². The first-order valence-corrected chi connectivity index (χ1v) is 7.18. The number of carbonyl (C=O) groups excluding carboxylic acids is 1. The van der Waals surface area contributed by atoms with Crippen LogP contribution in [0.4, 0.5) is 5.69 Å². The summed E-state index contributed by atoms with van der Waals surface area (Å²) in [4.78, 5) is 11.4. The Morgan fingerprint density at radius 1 is 1.15 bits per heavy atom. The number of nitrogens with one attached hydrogen (secondary N) is 1. The zero-order chi connectivity index (χ0) is 14.4. The van der Waals surface area contributed by atoms with Crippen molar-refractivity contribution in [2.45, 2.75) is 13.3 Å². The lowest BCUT2D eigenvalue weighted by atomic mass is 10.0. The number of amides is 1. The smallest absolute Gasteiger partial charge is 0.221 e. The number of hydrogen-bond acceptors (Lipinski definition) is 1. The van der Waals surface area contributed by atoms with E-state index in [-0.39, 0.29) is 5.91 Å². The Hall–Kier alpha value is -1.22. The van der Waals surface area contributed by atoms with Gasteiger partial charge in [-0.25, -0.2) is 0 Å². The first kappa shape index (κ1) is 13.7. The van der Waals surface area contributed by atoms with Crippen molar-refractivity contribution in [3.8, 4) is 11.1 Å². The Morgan fingerprint density at radius 2 is 1.90 bits per heavy atom. The molecule has 0 aliphatic heterocycles. The molecule has 0 spiro atoms. The molecule has 1 N–H and O–H groups in total. The summed E-state index contributed by atoms with van der Waals surface area (Å²) >= 11 is 18.6. The molecule has 102 valence electrons. The van der Waals surface area contributed by atoms with Crippen molar-refractivity contribution in [2.75, 3.05) is 5.32 Å². The van der Waals surface area contributed by atoms with Gasteiger partial charge in [-0.2, -0.15) is 0 Å². The van der Waals surface area contributed by atoms with Crippen molar-refractivity contribution < 1.29 is 4.79 Å². The highest BCUT2D eigenvalue weighted by Gasteiger charge is 2.26. The lowest BCUT2D eigenvalue weighted by Gasteiger charge is -2.13. The molecule has 0 atom stereocenters. The van der Waals surface area contributed by atoms with Gasteiger partial charge in [-0.05, 0) is 34.9 Å². The van der Waals surface area contributed by atoms with Crippen molar-refractivity contribution in [2.24, 2.45) is 0 Å². The Labute approximate surface area is 131 Å². The molecule has 0 radical (unpaired) electrons. The number of halogens is 3. The highest BCUT2D eigenvalue weighted by atomic mass is 35.5. The number of rotatable bonds is 1. The van der Waals surface area contributed by atoms with Crippen LogP contribution in [0.25, 0.3) is 11.1 Å². The van der Waals surface area contributed by atoms with Gasteiger partial charge in [0.25, 0.3) is 0 Å². The van der Waals surface area contributed by atoms with E-state index in [4.69, 9.17) is 34.8 Å². The Bertz CT molecular complexity index is 740. The van der Waals surface area contributed by atoms with E-state index in [1.165, 1.54) is 6.92 Å². The third-order valence-corrected chi connectivity index (χ3v) is 4.17. The maximum atomic E-state index is 11.4. The molecule has 0 saturated heterocycles. The average molecular weight is 327 g/mol. The third kappa shape index (κ3) is 2.18. The van der Waals surface area contributed by atoms with Gasteiger partial charge in [0.15, 0.2) is 0 Å². The molecule has 0 bridgehead atoms. The number of carbonyl (C=O) groups is 1. The van der Waals surface area contributed by atoms with Gasteiger partial charge in [0.2, 0.25) is 5.91 Å². The fraction of sp³-hybridized carbons (Fsp3) is 0.133. The molecule has 0 fully saturated rings. The maximum absolute atomic E-state index is 11.4. The number of anilines is 1. The minimum absolute atomic E-state index is 0.162. The number of benzene rings is 2. The highest BCUT2D eigenvalue weighted by Crippen LogP contribution is 2.47. The molecule has 3 rings (SSSR count). The Morgan fingerprint density at radius 3 is 2.60 bits per heavy atom. The fourth-order valence-electron chi connectivity index (χ4n) is 2.59. The van der Waals surface area contributed by atoms with E-state index in [9.17, 15) is 4.79 Å². The minimum atomic E-state index is -0.162. The normalized spacial score (nSPS) is 12.0. The van der Waals surface area contributed by atoms with Gasteiger partial charge in [-0.1, -0.05) is 40.9 Å². The van der Waals surface area contributed by atoms with Crippen LogP contribution in [-0.2, 0) is 11.2 Å². The van der Waals surface area contributed by atoms with E-state index in [0.29, 0.717) is 27.2 Å². The van der Waals surface area contributed by atoms with Crippen LogP contribution in [0, 0.1) is 0 Å². The van der Waals surface area contributed by atoms with Crippen LogP contribution in [0.2, 0.25) is 15.1 Å². The van der Waals surface area contributed by atoms with Gasteiger partial charge in [0.05, 0.1) is 15.7 Å². The van der Waals surface area contributed by atoms with Crippen molar-refractivity contribution >= 4 is 46.4 Å². The van der Waals surface area contributed by atoms with Crippen molar-refractivity contribution in [3.05, 3.63) is 50.5 Å². The van der Waals surface area contributed by atoms with E-state index in [1.807, 2.05) is 18.2 Å². The molecule has 2 nitrogen and oxygen atoms in total. The summed E-state index contributed by atoms with van der Waals surface area (Å²) in [7, 11) is 0. The summed E-state index contributed by atoms with van der Waals surface area (Å²) in [6, 6.07) is 7.36. The van der Waals surface area contributed by atoms with Crippen molar-refractivity contribution in [3.63, 3.8) is 0 Å². The zero-order valence-corrected chi connectivity index (χ0v) is 12.8. The molecule has 20 heavy (non-hydrogen) atoms. The molecular weight excluding hydrogens is 317 g/mol. The summed E-state index contributed by atoms with van der Waals surface area (Å²) in [5, 5.41) is 4.50. The number of fused-ring (bicyclic) bond motifs is 3. The maximum Gasteiger partial charge on any atom is 0.221 e. The minimum Gasteiger partial charge on any atom is -0.325 e. The number of hydrogen-bond donors (Lipinski definition) is 1. The van der Waals surface area contributed by atoms with Gasteiger partial charge in [-0.15, -0.1) is 0 Å². The van der Waals surface area contributed by atoms with Crippen LogP contribution in [0.1, 0.15) is 18.1 Å². The Balaban J connectivity index is 2.25. The molecule has 2 aromatic carbocycles. The largest absolute Gasteiger partial charge is 0.325 e. The van der Waals surface area contributed by atoms with E-state index < -0.39 is 0 Å². The highest BCUT2D eigenvalue weighted by molar-refractivity contribution is 6.39. The van der Waals surface area contributed by atoms with Crippen LogP contribution in [-0.4, -0.2) is 5.91 Å². The summed E-state index contributed by atoms with van der Waals surface area (Å²) in [6.07, 6.45) is 0.654. The third-order valence-electron chi connectivity index (χ3n) is 3.34. The van der Waals surface area contributed by atoms with E-state index >= 15 is 0 Å². The SMILES string of the molecule is CC(=O)Nc1c(Cl)cc(Cl)c2c1Cc1cc(Cl)ccc1-2. The van der Waals surface area contributed by atoms with Crippen LogP contribution in [0.3, 0.4) is 0 Å². The molecule has 0 saturated carbocycles. The van der Waals surface area contributed by atoms with E-state index in [0.717, 1.165) is 22.3 Å². The second kappa shape index (κ2) is 4.96. The Kier molecular flexibility index (Phi) is 3.41. The van der Waals surface area contributed by atoms with Crippen molar-refractivity contribution in [1.82, 2.24) is 0 Å². The zero-order valence-electron chi connectivity index (χ0n) is 10.6. The van der Waals surface area contributed by atoms with Gasteiger partial charge in [-0.3, -0.25) is 4.79 Å². The lowest BCUT2D eigenvalue weighted by Crippen LogP contribution is -2.08. The predicted octanol–water partition coefficient (Wildman–Crippen LogP) is 5.18. The van der Waals surface area contributed by atoms with Gasteiger partial charge >= 0.3 is 0 Å². The molecule has 1 aliphatic rings. The fourth-order valence-corrected chi connectivity index (χ4v) is 3.44. The summed E-state index contributed by atoms with van der Waals surface area (Å²) in [6.45, 7) is 1.45. The summed E-state index contributed by atoms with van der Waals surface area (Å²) < 4.78 is 0. The average Bonchev–Trinajstić information content (AvgIpc) is 2.72. The molecule has 1 aliphatic carbocycles. The van der Waals surface area contributed by atoms with E-state index in [2.05, 4.69) is 5.32 Å². The van der Waals surface area contributed by atoms with Crippen LogP contribution in [0.5, 0.6) is 0 Å². The first-order valence-electron chi connectivity index (χ1n) is 6.04. The van der Waals surface area contributed by atoms with Gasteiger partial charge in [0, 0.05) is 23.9 Å². The second-order valence-corrected chi connectivity index (χ2v) is 5.98. The van der Waals surface area contributed by atoms with Crippen molar-refractivity contribution in [1.29, 1.82) is 0 Å². The molecular formula is C15H10Cl3NO. The summed E-state index contributed by atoms with van der Waals surface area (Å²) in [5.74, 6) is -0.162. The molecule has 0 heterocycles. The lowest BCUT2D eigenvalue weighted by molar-refractivity contribution is -0.114. The molecule has 1 amide bonds. The molecule has 0 unspecified atom stereocenters. The molecule has 0 aromatic heterocycles. The predicted molar refractivity (Wildman–Crippen MR) is 84.0 cm³/mol. The molecule has 2 aromatic rings. The van der Waals surface area contributed by atoms with Gasteiger partial charge < -0.3 is 5.32 Å². The standard InChI is InChI=1S/C15H10Cl3NO/c1-7(20)19-15-11-5-8-4-9(16)2-3-10(8)14(11)12(17)6-13(15)18/h2-4,6H,5H2,1H3,(H,19,20). The quantitative estimate of drug-likeness (QED) is 0.656. The van der Waals surface area contributed by atoms with Crippen LogP contribution < -0.4 is 5.32 Å². The van der Waals surface area contributed by atoms with Crippen LogP contribution >= 0.6 is 34.8 Å². The van der Waals surface area contributed by atoms with Crippen LogP contribution in [0.15, 0.2) is 24.3 Å².